The van der Waals surface area contributed by atoms with Crippen LogP contribution < -0.4 is 5.32 Å². The highest BCUT2D eigenvalue weighted by molar-refractivity contribution is 6.02. The minimum Gasteiger partial charge on any atom is -0.356 e. The van der Waals surface area contributed by atoms with Crippen LogP contribution in [-0.2, 0) is 36.0 Å². The number of fused-ring (bicyclic) bond motifs is 2. The van der Waals surface area contributed by atoms with Crippen molar-refractivity contribution in [3.05, 3.63) is 82.8 Å². The first-order valence-corrected chi connectivity index (χ1v) is 17.9. The van der Waals surface area contributed by atoms with Gasteiger partial charge in [-0.15, -0.1) is 0 Å². The van der Waals surface area contributed by atoms with Gasteiger partial charge in [0.05, 0.1) is 46.8 Å². The quantitative estimate of drug-likeness (QED) is 0.218. The molecule has 4 aromatic heterocycles. The van der Waals surface area contributed by atoms with Crippen molar-refractivity contribution in [2.45, 2.75) is 89.1 Å². The molecule has 13 nitrogen and oxygen atoms in total. The van der Waals surface area contributed by atoms with Gasteiger partial charge in [0.15, 0.2) is 6.23 Å². The number of hydrogen-bond acceptors (Lipinski definition) is 8. The molecular formula is C38H41FN10O3. The van der Waals surface area contributed by atoms with Crippen molar-refractivity contribution in [1.82, 2.24) is 44.5 Å². The number of nitrogens with one attached hydrogen (secondary N) is 1. The smallest absolute Gasteiger partial charge is 0.257 e. The number of aryl methyl sites for hydroxylation is 1. The van der Waals surface area contributed by atoms with E-state index < -0.39 is 23.3 Å². The number of hydrogen-bond donors (Lipinski definition) is 1. The normalized spacial score (nSPS) is 18.3. The number of nitrogens with zero attached hydrogens (tertiary/aromatic N) is 9. The predicted molar refractivity (Wildman–Crippen MR) is 188 cm³/mol. The largest absolute Gasteiger partial charge is 0.356 e. The van der Waals surface area contributed by atoms with Crippen LogP contribution in [0.1, 0.15) is 90.8 Å². The van der Waals surface area contributed by atoms with Crippen molar-refractivity contribution >= 4 is 22.8 Å². The lowest BCUT2D eigenvalue weighted by Gasteiger charge is -2.37. The molecule has 1 aliphatic carbocycles. The zero-order chi connectivity index (χ0) is 36.1. The number of rotatable bonds is 10. The standard InChI is InChI=1S/C38H41FN10O3/c1-38(2,22-48-30(11-13-41-48)24-7-8-24)45-36(50)32(16-23-19-42-46(3)21-23)47-14-12-26-27(9-10-28(39)34(26)37(47)51)35-25(18-40)17-31-29(44-35)20-43-49(31)33-6-4-5-15-52-33/h9-11,13,17,19-21,24,32-33H,4-8,12,14-16,22H2,1-3H3,(H,45,50)/t32-,33?/m1/s1. The van der Waals surface area contributed by atoms with E-state index in [4.69, 9.17) is 9.72 Å². The van der Waals surface area contributed by atoms with Crippen molar-refractivity contribution in [2.75, 3.05) is 13.2 Å². The number of carbonyl (C=O) groups is 2. The van der Waals surface area contributed by atoms with Gasteiger partial charge in [0.25, 0.3) is 5.91 Å². The summed E-state index contributed by atoms with van der Waals surface area (Å²) in [7, 11) is 1.79. The Hall–Kier alpha value is -5.42. The van der Waals surface area contributed by atoms with Crippen LogP contribution in [0, 0.1) is 17.1 Å². The molecule has 1 N–H and O–H groups in total. The van der Waals surface area contributed by atoms with Gasteiger partial charge in [0.2, 0.25) is 5.91 Å². The highest BCUT2D eigenvalue weighted by Crippen LogP contribution is 2.40. The van der Waals surface area contributed by atoms with Crippen LogP contribution >= 0.6 is 0 Å². The Morgan fingerprint density at radius 3 is 2.73 bits per heavy atom. The Labute approximate surface area is 300 Å². The fourth-order valence-electron chi connectivity index (χ4n) is 7.69. The molecule has 1 saturated heterocycles. The van der Waals surface area contributed by atoms with E-state index in [2.05, 4.69) is 26.7 Å². The van der Waals surface area contributed by atoms with E-state index in [-0.39, 0.29) is 42.6 Å². The molecule has 1 aromatic carbocycles. The number of nitriles is 1. The Balaban J connectivity index is 1.11. The lowest BCUT2D eigenvalue weighted by atomic mass is 9.89. The Bertz CT molecular complexity index is 2220. The van der Waals surface area contributed by atoms with Crippen molar-refractivity contribution in [3.63, 3.8) is 0 Å². The summed E-state index contributed by atoms with van der Waals surface area (Å²) in [6.07, 6.45) is 12.2. The molecule has 0 spiro atoms. The first kappa shape index (κ1) is 33.7. The lowest BCUT2D eigenvalue weighted by Crippen LogP contribution is -2.58. The molecule has 0 radical (unpaired) electrons. The molecule has 2 fully saturated rings. The molecule has 1 unspecified atom stereocenters. The van der Waals surface area contributed by atoms with E-state index in [9.17, 15) is 14.9 Å². The van der Waals surface area contributed by atoms with E-state index in [0.717, 1.165) is 43.4 Å². The maximum absolute atomic E-state index is 15.8. The summed E-state index contributed by atoms with van der Waals surface area (Å²) in [5.74, 6) is -1.14. The van der Waals surface area contributed by atoms with E-state index >= 15 is 4.39 Å². The maximum Gasteiger partial charge on any atom is 0.257 e. The van der Waals surface area contributed by atoms with Crippen LogP contribution in [0.3, 0.4) is 0 Å². The minimum atomic E-state index is -0.940. The first-order chi connectivity index (χ1) is 25.1. The fourth-order valence-corrected chi connectivity index (χ4v) is 7.69. The molecule has 5 aromatic rings. The van der Waals surface area contributed by atoms with Crippen molar-refractivity contribution < 1.29 is 18.7 Å². The van der Waals surface area contributed by atoms with E-state index in [1.165, 1.54) is 11.0 Å². The summed E-state index contributed by atoms with van der Waals surface area (Å²) in [4.78, 5) is 35.0. The number of amides is 2. The molecule has 268 valence electrons. The molecule has 2 amide bonds. The van der Waals surface area contributed by atoms with Gasteiger partial charge >= 0.3 is 0 Å². The summed E-state index contributed by atoms with van der Waals surface area (Å²) in [6.45, 7) is 5.13. The number of carbonyl (C=O) groups excluding carboxylic acids is 2. The Morgan fingerprint density at radius 2 is 2.00 bits per heavy atom. The zero-order valence-electron chi connectivity index (χ0n) is 29.5. The summed E-state index contributed by atoms with van der Waals surface area (Å²) >= 11 is 0. The maximum atomic E-state index is 15.8. The molecule has 0 bridgehead atoms. The van der Waals surface area contributed by atoms with Gasteiger partial charge in [-0.05, 0) is 87.8 Å². The van der Waals surface area contributed by atoms with Gasteiger partial charge in [-0.3, -0.25) is 19.0 Å². The van der Waals surface area contributed by atoms with Crippen molar-refractivity contribution in [3.8, 4) is 17.3 Å². The third-order valence-electron chi connectivity index (χ3n) is 10.3. The van der Waals surface area contributed by atoms with E-state index in [1.54, 1.807) is 47.1 Å². The Kier molecular flexibility index (Phi) is 8.61. The number of aromatic nitrogens is 7. The van der Waals surface area contributed by atoms with Gasteiger partial charge in [-0.1, -0.05) is 0 Å². The molecule has 3 aliphatic rings. The van der Waals surface area contributed by atoms with Crippen LogP contribution in [0.15, 0.2) is 49.1 Å². The second-order valence-corrected chi connectivity index (χ2v) is 14.8. The second-order valence-electron chi connectivity index (χ2n) is 14.8. The SMILES string of the molecule is Cn1cc(C[C@H](C(=O)NC(C)(C)Cn2nccc2C2CC2)N2CCc3c(-c4nc5cnn(C6CCCCO6)c5cc4C#N)ccc(F)c3C2=O)cn1. The average molecular weight is 705 g/mol. The van der Waals surface area contributed by atoms with E-state index in [0.29, 0.717) is 46.9 Å². The monoisotopic (exact) mass is 704 g/mol. The fraction of sp³-hybridized carbons (Fsp3) is 0.447. The molecule has 6 heterocycles. The summed E-state index contributed by atoms with van der Waals surface area (Å²) in [5.41, 5.74) is 3.95. The summed E-state index contributed by atoms with van der Waals surface area (Å²) in [5, 5.41) is 26.8. The summed E-state index contributed by atoms with van der Waals surface area (Å²) < 4.78 is 27.1. The third kappa shape index (κ3) is 6.34. The Morgan fingerprint density at radius 1 is 1.15 bits per heavy atom. The number of pyridine rings is 1. The predicted octanol–water partition coefficient (Wildman–Crippen LogP) is 4.82. The van der Waals surface area contributed by atoms with E-state index in [1.807, 2.05) is 30.8 Å². The van der Waals surface area contributed by atoms with Crippen LogP contribution in [0.5, 0.6) is 0 Å². The van der Waals surface area contributed by atoms with Gasteiger partial charge in [-0.2, -0.15) is 20.6 Å². The van der Waals surface area contributed by atoms with Crippen LogP contribution in [-0.4, -0.2) is 75.8 Å². The average Bonchev–Trinajstić information content (AvgIpc) is 3.50. The minimum absolute atomic E-state index is 0.116. The number of halogens is 1. The molecule has 1 saturated carbocycles. The topological polar surface area (TPSA) is 149 Å². The molecule has 2 aliphatic heterocycles. The van der Waals surface area contributed by atoms with Gasteiger partial charge in [-0.25, -0.2) is 14.1 Å². The van der Waals surface area contributed by atoms with Crippen LogP contribution in [0.2, 0.25) is 0 Å². The molecule has 52 heavy (non-hydrogen) atoms. The van der Waals surface area contributed by atoms with Crippen LogP contribution in [0.25, 0.3) is 22.3 Å². The van der Waals surface area contributed by atoms with Gasteiger partial charge < -0.3 is 15.0 Å². The molecule has 14 heteroatoms. The second kappa shape index (κ2) is 13.3. The lowest BCUT2D eigenvalue weighted by molar-refractivity contribution is -0.127. The molecule has 2 atom stereocenters. The van der Waals surface area contributed by atoms with Crippen LogP contribution in [0.4, 0.5) is 4.39 Å². The van der Waals surface area contributed by atoms with Crippen molar-refractivity contribution in [2.24, 2.45) is 7.05 Å². The number of ether oxygens (including phenoxy) is 1. The first-order valence-electron chi connectivity index (χ1n) is 17.9. The highest BCUT2D eigenvalue weighted by atomic mass is 19.1. The van der Waals surface area contributed by atoms with Gasteiger partial charge in [0, 0.05) is 56.2 Å². The zero-order valence-corrected chi connectivity index (χ0v) is 29.5. The molecular weight excluding hydrogens is 663 g/mol. The third-order valence-corrected chi connectivity index (χ3v) is 10.3. The summed E-state index contributed by atoms with van der Waals surface area (Å²) in [6, 6.07) is 7.90. The highest BCUT2D eigenvalue weighted by Gasteiger charge is 2.39. The van der Waals surface area contributed by atoms with Gasteiger partial charge in [0.1, 0.15) is 23.4 Å². The number of benzene rings is 1. The van der Waals surface area contributed by atoms with Crippen molar-refractivity contribution in [1.29, 1.82) is 5.26 Å². The molecule has 8 rings (SSSR count).